The van der Waals surface area contributed by atoms with Crippen LogP contribution in [0, 0.1) is 5.92 Å². The SMILES string of the molecule is CC(=O)C(CC(=O)O)NC(=O)C(C)NC(=O)C(NC(=O)OCc1ccccc1)C(C)C. The summed E-state index contributed by atoms with van der Waals surface area (Å²) in [5.41, 5.74) is 0.787. The largest absolute Gasteiger partial charge is 0.481 e. The average Bonchev–Trinajstić information content (AvgIpc) is 2.69. The molecule has 170 valence electrons. The van der Waals surface area contributed by atoms with Crippen LogP contribution in [-0.4, -0.2) is 52.9 Å². The van der Waals surface area contributed by atoms with Gasteiger partial charge in [-0.25, -0.2) is 4.79 Å². The van der Waals surface area contributed by atoms with Gasteiger partial charge in [0.1, 0.15) is 18.7 Å². The van der Waals surface area contributed by atoms with Crippen LogP contribution in [0.2, 0.25) is 0 Å². The van der Waals surface area contributed by atoms with Crippen molar-refractivity contribution in [1.82, 2.24) is 16.0 Å². The van der Waals surface area contributed by atoms with Crippen LogP contribution in [-0.2, 0) is 30.5 Å². The first kappa shape index (κ1) is 25.6. The van der Waals surface area contributed by atoms with Crippen molar-refractivity contribution in [2.24, 2.45) is 5.92 Å². The van der Waals surface area contributed by atoms with Crippen molar-refractivity contribution in [3.8, 4) is 0 Å². The molecular formula is C21H29N3O7. The molecule has 3 unspecified atom stereocenters. The van der Waals surface area contributed by atoms with Crippen LogP contribution in [0.3, 0.4) is 0 Å². The van der Waals surface area contributed by atoms with Gasteiger partial charge in [0.2, 0.25) is 11.8 Å². The Morgan fingerprint density at radius 3 is 2.06 bits per heavy atom. The first-order valence-electron chi connectivity index (χ1n) is 9.81. The van der Waals surface area contributed by atoms with Crippen molar-refractivity contribution in [3.05, 3.63) is 35.9 Å². The highest BCUT2D eigenvalue weighted by Crippen LogP contribution is 2.05. The van der Waals surface area contributed by atoms with Crippen molar-refractivity contribution in [2.45, 2.75) is 58.8 Å². The summed E-state index contributed by atoms with van der Waals surface area (Å²) in [6, 6.07) is 5.79. The summed E-state index contributed by atoms with van der Waals surface area (Å²) in [6.07, 6.45) is -1.35. The third kappa shape index (κ3) is 9.28. The van der Waals surface area contributed by atoms with Gasteiger partial charge in [-0.1, -0.05) is 44.2 Å². The van der Waals surface area contributed by atoms with Crippen LogP contribution in [0.1, 0.15) is 39.7 Å². The Labute approximate surface area is 180 Å². The number of ketones is 1. The highest BCUT2D eigenvalue weighted by molar-refractivity contribution is 5.94. The van der Waals surface area contributed by atoms with E-state index in [9.17, 15) is 24.0 Å². The lowest BCUT2D eigenvalue weighted by Crippen LogP contribution is -2.56. The summed E-state index contributed by atoms with van der Waals surface area (Å²) in [5.74, 6) is -3.40. The van der Waals surface area contributed by atoms with Gasteiger partial charge in [-0.05, 0) is 25.3 Å². The third-order valence-electron chi connectivity index (χ3n) is 4.37. The molecule has 1 aromatic carbocycles. The molecule has 0 spiro atoms. The van der Waals surface area contributed by atoms with E-state index in [0.717, 1.165) is 12.5 Å². The van der Waals surface area contributed by atoms with Crippen LogP contribution >= 0.6 is 0 Å². The van der Waals surface area contributed by atoms with Gasteiger partial charge in [-0.15, -0.1) is 0 Å². The molecule has 0 bridgehead atoms. The molecule has 0 aromatic heterocycles. The first-order chi connectivity index (χ1) is 14.5. The standard InChI is InChI=1S/C21H29N3O7/c1-12(2)18(24-21(30)31-11-15-8-6-5-7-9-15)20(29)22-13(3)19(28)23-16(14(4)25)10-17(26)27/h5-9,12-13,16,18H,10-11H2,1-4H3,(H,22,29)(H,23,28)(H,24,30)(H,26,27). The Hall–Kier alpha value is -3.43. The number of hydrogen-bond donors (Lipinski definition) is 4. The zero-order chi connectivity index (χ0) is 23.6. The Morgan fingerprint density at radius 2 is 1.55 bits per heavy atom. The van der Waals surface area contributed by atoms with Crippen molar-refractivity contribution in [2.75, 3.05) is 0 Å². The van der Waals surface area contributed by atoms with E-state index < -0.39 is 54.2 Å². The summed E-state index contributed by atoms with van der Waals surface area (Å²) >= 11 is 0. The minimum absolute atomic E-state index is 0.0356. The highest BCUT2D eigenvalue weighted by Gasteiger charge is 2.29. The fourth-order valence-corrected chi connectivity index (χ4v) is 2.56. The second kappa shape index (κ2) is 12.3. The number of rotatable bonds is 11. The number of carboxylic acids is 1. The van der Waals surface area contributed by atoms with Gasteiger partial charge < -0.3 is 25.8 Å². The number of hydrogen-bond acceptors (Lipinski definition) is 6. The summed E-state index contributed by atoms with van der Waals surface area (Å²) in [5, 5.41) is 16.1. The maximum atomic E-state index is 12.6. The highest BCUT2D eigenvalue weighted by atomic mass is 16.5. The molecule has 0 aliphatic rings. The van der Waals surface area contributed by atoms with E-state index in [0.29, 0.717) is 0 Å². The van der Waals surface area contributed by atoms with Gasteiger partial charge in [0, 0.05) is 0 Å². The number of carboxylic acid groups (broad SMARTS) is 1. The molecule has 0 fully saturated rings. The molecule has 3 amide bonds. The lowest BCUT2D eigenvalue weighted by molar-refractivity contribution is -0.140. The second-order valence-corrected chi connectivity index (χ2v) is 7.43. The quantitative estimate of drug-likeness (QED) is 0.405. The van der Waals surface area contributed by atoms with Crippen molar-refractivity contribution in [1.29, 1.82) is 0 Å². The minimum atomic E-state index is -1.24. The molecule has 31 heavy (non-hydrogen) atoms. The number of carbonyl (C=O) groups excluding carboxylic acids is 4. The van der Waals surface area contributed by atoms with Crippen LogP contribution in [0.25, 0.3) is 0 Å². The van der Waals surface area contributed by atoms with Crippen LogP contribution < -0.4 is 16.0 Å². The molecule has 0 saturated carbocycles. The zero-order valence-corrected chi connectivity index (χ0v) is 18.0. The Kier molecular flexibility index (Phi) is 10.2. The van der Waals surface area contributed by atoms with Crippen molar-refractivity contribution >= 4 is 29.7 Å². The lowest BCUT2D eigenvalue weighted by Gasteiger charge is -2.24. The van der Waals surface area contributed by atoms with Gasteiger partial charge in [0.05, 0.1) is 12.5 Å². The van der Waals surface area contributed by atoms with E-state index in [1.165, 1.54) is 6.92 Å². The number of Topliss-reactive ketones (excluding diaryl/α,β-unsaturated/α-hetero) is 1. The second-order valence-electron chi connectivity index (χ2n) is 7.43. The zero-order valence-electron chi connectivity index (χ0n) is 18.0. The molecule has 1 rings (SSSR count). The molecule has 10 nitrogen and oxygen atoms in total. The first-order valence-corrected chi connectivity index (χ1v) is 9.81. The Balaban J connectivity index is 2.64. The summed E-state index contributed by atoms with van der Waals surface area (Å²) in [4.78, 5) is 59.3. The van der Waals surface area contributed by atoms with E-state index in [2.05, 4.69) is 16.0 Å². The average molecular weight is 435 g/mol. The number of ether oxygens (including phenoxy) is 1. The number of aliphatic carboxylic acids is 1. The lowest BCUT2D eigenvalue weighted by atomic mass is 10.0. The predicted molar refractivity (Wildman–Crippen MR) is 111 cm³/mol. The number of amides is 3. The molecule has 4 N–H and O–H groups in total. The topological polar surface area (TPSA) is 151 Å². The van der Waals surface area contributed by atoms with Gasteiger partial charge in [0.25, 0.3) is 0 Å². The van der Waals surface area contributed by atoms with Crippen molar-refractivity contribution < 1.29 is 33.8 Å². The molecule has 0 saturated heterocycles. The van der Waals surface area contributed by atoms with Gasteiger partial charge in [-0.3, -0.25) is 19.2 Å². The van der Waals surface area contributed by atoms with Gasteiger partial charge in [0.15, 0.2) is 5.78 Å². The monoisotopic (exact) mass is 435 g/mol. The van der Waals surface area contributed by atoms with Gasteiger partial charge in [-0.2, -0.15) is 0 Å². The third-order valence-corrected chi connectivity index (χ3v) is 4.37. The fraction of sp³-hybridized carbons (Fsp3) is 0.476. The predicted octanol–water partition coefficient (Wildman–Crippen LogP) is 0.991. The van der Waals surface area contributed by atoms with Crippen LogP contribution in [0.5, 0.6) is 0 Å². The fourth-order valence-electron chi connectivity index (χ4n) is 2.56. The molecule has 10 heteroatoms. The summed E-state index contributed by atoms with van der Waals surface area (Å²) in [7, 11) is 0. The van der Waals surface area contributed by atoms with E-state index in [1.54, 1.807) is 38.1 Å². The molecule has 0 aliphatic heterocycles. The Morgan fingerprint density at radius 1 is 0.935 bits per heavy atom. The van der Waals surface area contributed by atoms with E-state index in [4.69, 9.17) is 9.84 Å². The van der Waals surface area contributed by atoms with E-state index in [1.807, 2.05) is 6.07 Å². The molecule has 0 aliphatic carbocycles. The molecule has 1 aromatic rings. The number of benzene rings is 1. The normalized spacial score (nSPS) is 13.5. The molecule has 0 radical (unpaired) electrons. The van der Waals surface area contributed by atoms with Crippen molar-refractivity contribution in [3.63, 3.8) is 0 Å². The number of nitrogens with one attached hydrogen (secondary N) is 3. The molecule has 0 heterocycles. The van der Waals surface area contributed by atoms with Crippen LogP contribution in [0.4, 0.5) is 4.79 Å². The summed E-state index contributed by atoms with van der Waals surface area (Å²) < 4.78 is 5.12. The molecule has 3 atom stereocenters. The maximum absolute atomic E-state index is 12.6. The molecular weight excluding hydrogens is 406 g/mol. The number of alkyl carbamates (subject to hydrolysis) is 1. The van der Waals surface area contributed by atoms with E-state index in [-0.39, 0.29) is 12.5 Å². The van der Waals surface area contributed by atoms with Gasteiger partial charge >= 0.3 is 12.1 Å². The minimum Gasteiger partial charge on any atom is -0.481 e. The van der Waals surface area contributed by atoms with E-state index >= 15 is 0 Å². The smallest absolute Gasteiger partial charge is 0.408 e. The number of carbonyl (C=O) groups is 5. The Bertz CT molecular complexity index is 795. The maximum Gasteiger partial charge on any atom is 0.408 e. The summed E-state index contributed by atoms with van der Waals surface area (Å²) in [6.45, 7) is 6.01. The van der Waals surface area contributed by atoms with Crippen LogP contribution in [0.15, 0.2) is 30.3 Å².